The Bertz CT molecular complexity index is 968. The largest absolute Gasteiger partial charge is 0.484 e. The van der Waals surface area contributed by atoms with Gasteiger partial charge in [0.15, 0.2) is 6.61 Å². The molecule has 1 aliphatic heterocycles. The van der Waals surface area contributed by atoms with Crippen molar-refractivity contribution in [1.82, 2.24) is 0 Å². The van der Waals surface area contributed by atoms with Crippen LogP contribution in [0.5, 0.6) is 5.75 Å². The number of hydrogen-bond donors (Lipinski definition) is 2. The molecule has 8 heteroatoms. The van der Waals surface area contributed by atoms with Gasteiger partial charge in [-0.15, -0.1) is 0 Å². The van der Waals surface area contributed by atoms with Crippen LogP contribution in [0.1, 0.15) is 33.6 Å². The molecule has 0 aliphatic carbocycles. The quantitative estimate of drug-likeness (QED) is 0.724. The topological polar surface area (TPSA) is 97.0 Å². The van der Waals surface area contributed by atoms with Crippen LogP contribution in [-0.4, -0.2) is 36.7 Å². The van der Waals surface area contributed by atoms with E-state index < -0.39 is 11.7 Å². The third-order valence-electron chi connectivity index (χ3n) is 4.39. The number of carbonyl (C=O) groups is 3. The minimum absolute atomic E-state index is 0.0484. The number of nitrogens with zero attached hydrogens (tertiary/aromatic N) is 1. The van der Waals surface area contributed by atoms with Crippen molar-refractivity contribution in [2.45, 2.75) is 39.2 Å². The zero-order chi connectivity index (χ0) is 22.4. The molecule has 0 aromatic heterocycles. The van der Waals surface area contributed by atoms with Crippen LogP contribution < -0.4 is 20.3 Å². The van der Waals surface area contributed by atoms with Crippen LogP contribution in [-0.2, 0) is 14.3 Å². The van der Waals surface area contributed by atoms with Crippen molar-refractivity contribution in [2.24, 2.45) is 0 Å². The summed E-state index contributed by atoms with van der Waals surface area (Å²) in [5.74, 6) is 0.114. The summed E-state index contributed by atoms with van der Waals surface area (Å²) < 4.78 is 10.8. The average molecular weight is 425 g/mol. The van der Waals surface area contributed by atoms with E-state index in [4.69, 9.17) is 9.47 Å². The Morgan fingerprint density at radius 3 is 2.55 bits per heavy atom. The Morgan fingerprint density at radius 2 is 1.84 bits per heavy atom. The lowest BCUT2D eigenvalue weighted by atomic mass is 10.2. The average Bonchev–Trinajstić information content (AvgIpc) is 3.11. The van der Waals surface area contributed by atoms with E-state index in [1.165, 1.54) is 0 Å². The second kappa shape index (κ2) is 9.51. The Balaban J connectivity index is 1.57. The van der Waals surface area contributed by atoms with Crippen molar-refractivity contribution in [2.75, 3.05) is 28.7 Å². The number of nitrogens with one attached hydrogen (secondary N) is 2. The fourth-order valence-electron chi connectivity index (χ4n) is 3.14. The van der Waals surface area contributed by atoms with Gasteiger partial charge in [-0.25, -0.2) is 4.79 Å². The standard InChI is InChI=1S/C23H27N3O5/c1-23(2,3)31-22(29)24-16-8-6-9-17(14-16)30-15-20(27)25-18-10-4-5-11-19(18)26-13-7-12-21(26)28/h4-6,8-11,14H,7,12-13,15H2,1-3H3,(H,24,29)(H,25,27). The van der Waals surface area contributed by atoms with Crippen molar-refractivity contribution < 1.29 is 23.9 Å². The van der Waals surface area contributed by atoms with E-state index in [0.29, 0.717) is 35.8 Å². The molecule has 164 valence electrons. The molecule has 1 saturated heterocycles. The predicted octanol–water partition coefficient (Wildman–Crippen LogP) is 4.18. The van der Waals surface area contributed by atoms with Gasteiger partial charge in [0, 0.05) is 24.7 Å². The molecule has 8 nitrogen and oxygen atoms in total. The Kier molecular flexibility index (Phi) is 6.79. The molecule has 3 rings (SSSR count). The fourth-order valence-corrected chi connectivity index (χ4v) is 3.14. The summed E-state index contributed by atoms with van der Waals surface area (Å²) in [6.45, 7) is 5.76. The maximum atomic E-state index is 12.4. The van der Waals surface area contributed by atoms with Crippen LogP contribution in [0, 0.1) is 0 Å². The maximum absolute atomic E-state index is 12.4. The lowest BCUT2D eigenvalue weighted by molar-refractivity contribution is -0.118. The van der Waals surface area contributed by atoms with Crippen molar-refractivity contribution in [3.8, 4) is 5.75 Å². The SMILES string of the molecule is CC(C)(C)OC(=O)Nc1cccc(OCC(=O)Nc2ccccc2N2CCCC2=O)c1. The third kappa shape index (κ3) is 6.47. The fraction of sp³-hybridized carbons (Fsp3) is 0.348. The Labute approximate surface area is 181 Å². The third-order valence-corrected chi connectivity index (χ3v) is 4.39. The molecule has 3 amide bonds. The monoisotopic (exact) mass is 425 g/mol. The van der Waals surface area contributed by atoms with Gasteiger partial charge in [0.2, 0.25) is 5.91 Å². The lowest BCUT2D eigenvalue weighted by Gasteiger charge is -2.20. The number of para-hydroxylation sites is 2. The predicted molar refractivity (Wildman–Crippen MR) is 118 cm³/mol. The molecule has 0 atom stereocenters. The van der Waals surface area contributed by atoms with Gasteiger partial charge in [0.1, 0.15) is 11.4 Å². The van der Waals surface area contributed by atoms with Gasteiger partial charge in [-0.05, 0) is 51.5 Å². The first-order chi connectivity index (χ1) is 14.7. The van der Waals surface area contributed by atoms with E-state index in [1.807, 2.05) is 12.1 Å². The second-order valence-corrected chi connectivity index (χ2v) is 8.16. The van der Waals surface area contributed by atoms with Gasteiger partial charge in [-0.3, -0.25) is 14.9 Å². The first kappa shape index (κ1) is 22.1. The van der Waals surface area contributed by atoms with Crippen molar-refractivity contribution in [3.05, 3.63) is 48.5 Å². The molecule has 1 heterocycles. The summed E-state index contributed by atoms with van der Waals surface area (Å²) in [4.78, 5) is 38.1. The van der Waals surface area contributed by atoms with E-state index in [1.54, 1.807) is 62.1 Å². The number of hydrogen-bond acceptors (Lipinski definition) is 5. The van der Waals surface area contributed by atoms with Gasteiger partial charge in [-0.2, -0.15) is 0 Å². The smallest absolute Gasteiger partial charge is 0.412 e. The number of amides is 3. The zero-order valence-electron chi connectivity index (χ0n) is 17.9. The van der Waals surface area contributed by atoms with E-state index in [-0.39, 0.29) is 18.4 Å². The number of ether oxygens (including phenoxy) is 2. The minimum Gasteiger partial charge on any atom is -0.484 e. The lowest BCUT2D eigenvalue weighted by Crippen LogP contribution is -2.27. The highest BCUT2D eigenvalue weighted by atomic mass is 16.6. The van der Waals surface area contributed by atoms with Gasteiger partial charge in [-0.1, -0.05) is 18.2 Å². The summed E-state index contributed by atoms with van der Waals surface area (Å²) in [6.07, 6.45) is 0.743. The van der Waals surface area contributed by atoms with E-state index >= 15 is 0 Å². The summed E-state index contributed by atoms with van der Waals surface area (Å²) >= 11 is 0. The zero-order valence-corrected chi connectivity index (χ0v) is 17.9. The molecule has 2 aromatic carbocycles. The van der Waals surface area contributed by atoms with Crippen LogP contribution in [0.25, 0.3) is 0 Å². The molecule has 31 heavy (non-hydrogen) atoms. The molecule has 0 spiro atoms. The number of anilines is 3. The molecule has 0 radical (unpaired) electrons. The molecular formula is C23H27N3O5. The van der Waals surface area contributed by atoms with Gasteiger partial charge in [0.25, 0.3) is 5.91 Å². The summed E-state index contributed by atoms with van der Waals surface area (Å²) in [7, 11) is 0. The van der Waals surface area contributed by atoms with Crippen LogP contribution >= 0.6 is 0 Å². The van der Waals surface area contributed by atoms with Crippen LogP contribution in [0.2, 0.25) is 0 Å². The summed E-state index contributed by atoms with van der Waals surface area (Å²) in [5, 5.41) is 5.43. The Morgan fingerprint density at radius 1 is 1.06 bits per heavy atom. The summed E-state index contributed by atoms with van der Waals surface area (Å²) in [6, 6.07) is 13.9. The molecule has 1 fully saturated rings. The first-order valence-corrected chi connectivity index (χ1v) is 10.1. The number of rotatable bonds is 6. The van der Waals surface area contributed by atoms with Crippen LogP contribution in [0.15, 0.2) is 48.5 Å². The van der Waals surface area contributed by atoms with Gasteiger partial charge >= 0.3 is 6.09 Å². The molecule has 0 unspecified atom stereocenters. The number of benzene rings is 2. The molecule has 0 bridgehead atoms. The second-order valence-electron chi connectivity index (χ2n) is 8.16. The Hall–Kier alpha value is -3.55. The molecule has 2 N–H and O–H groups in total. The first-order valence-electron chi connectivity index (χ1n) is 10.1. The highest BCUT2D eigenvalue weighted by molar-refractivity contribution is 6.02. The van der Waals surface area contributed by atoms with Gasteiger partial charge in [0.05, 0.1) is 11.4 Å². The van der Waals surface area contributed by atoms with Crippen LogP contribution in [0.3, 0.4) is 0 Å². The highest BCUT2D eigenvalue weighted by Gasteiger charge is 2.24. The van der Waals surface area contributed by atoms with Crippen molar-refractivity contribution in [3.63, 3.8) is 0 Å². The minimum atomic E-state index is -0.605. The van der Waals surface area contributed by atoms with E-state index in [9.17, 15) is 14.4 Å². The van der Waals surface area contributed by atoms with E-state index in [2.05, 4.69) is 10.6 Å². The van der Waals surface area contributed by atoms with Gasteiger partial charge < -0.3 is 19.7 Å². The molecule has 0 saturated carbocycles. The van der Waals surface area contributed by atoms with Crippen molar-refractivity contribution >= 4 is 35.0 Å². The number of carbonyl (C=O) groups excluding carboxylic acids is 3. The van der Waals surface area contributed by atoms with E-state index in [0.717, 1.165) is 6.42 Å². The molecule has 2 aromatic rings. The van der Waals surface area contributed by atoms with Crippen LogP contribution in [0.4, 0.5) is 21.9 Å². The maximum Gasteiger partial charge on any atom is 0.412 e. The molecular weight excluding hydrogens is 398 g/mol. The normalized spacial score (nSPS) is 13.6. The highest BCUT2D eigenvalue weighted by Crippen LogP contribution is 2.29. The van der Waals surface area contributed by atoms with Crippen molar-refractivity contribution in [1.29, 1.82) is 0 Å². The molecule has 1 aliphatic rings. The summed E-state index contributed by atoms with van der Waals surface area (Å²) in [5.41, 5.74) is 1.13.